The summed E-state index contributed by atoms with van der Waals surface area (Å²) < 4.78 is 37.9. The van der Waals surface area contributed by atoms with Crippen LogP contribution in [0.25, 0.3) is 0 Å². The molecule has 0 bridgehead atoms. The molecule has 1 amide bonds. The molecule has 0 unspecified atom stereocenters. The second kappa shape index (κ2) is 8.48. The second-order valence-electron chi connectivity index (χ2n) is 7.02. The zero-order chi connectivity index (χ0) is 19.4. The van der Waals surface area contributed by atoms with E-state index in [1.807, 2.05) is 4.90 Å². The van der Waals surface area contributed by atoms with Crippen molar-refractivity contribution in [2.75, 3.05) is 33.0 Å². The molecule has 0 saturated carbocycles. The van der Waals surface area contributed by atoms with Crippen LogP contribution in [0.4, 0.5) is 0 Å². The third-order valence-corrected chi connectivity index (χ3v) is 6.98. The Balaban J connectivity index is 1.65. The maximum Gasteiger partial charge on any atom is 0.243 e. The van der Waals surface area contributed by atoms with E-state index >= 15 is 0 Å². The summed E-state index contributed by atoms with van der Waals surface area (Å²) in [6.07, 6.45) is 2.99. The van der Waals surface area contributed by atoms with Crippen molar-refractivity contribution in [3.63, 3.8) is 0 Å². The smallest absolute Gasteiger partial charge is 0.243 e. The van der Waals surface area contributed by atoms with E-state index in [0.717, 1.165) is 25.9 Å². The summed E-state index contributed by atoms with van der Waals surface area (Å²) in [7, 11) is -3.60. The number of fused-ring (bicyclic) bond motifs is 1. The van der Waals surface area contributed by atoms with Crippen LogP contribution in [-0.2, 0) is 14.8 Å². The van der Waals surface area contributed by atoms with Crippen molar-refractivity contribution < 1.29 is 22.7 Å². The van der Waals surface area contributed by atoms with Crippen molar-refractivity contribution in [3.8, 4) is 11.5 Å². The maximum absolute atomic E-state index is 12.9. The lowest BCUT2D eigenvalue weighted by Gasteiger charge is -2.33. The van der Waals surface area contributed by atoms with Gasteiger partial charge in [-0.2, -0.15) is 4.31 Å². The summed E-state index contributed by atoms with van der Waals surface area (Å²) in [6, 6.07) is 4.68. The summed E-state index contributed by atoms with van der Waals surface area (Å²) >= 11 is 0. The molecule has 0 N–H and O–H groups in total. The molecule has 7 nitrogen and oxygen atoms in total. The van der Waals surface area contributed by atoms with E-state index in [2.05, 4.69) is 13.8 Å². The van der Waals surface area contributed by atoms with Gasteiger partial charge in [-0.05, 0) is 37.8 Å². The Morgan fingerprint density at radius 1 is 1.11 bits per heavy atom. The maximum atomic E-state index is 12.9. The molecule has 3 rings (SSSR count). The van der Waals surface area contributed by atoms with Crippen molar-refractivity contribution in [2.45, 2.75) is 44.4 Å². The van der Waals surface area contributed by atoms with Gasteiger partial charge in [0.05, 0.1) is 4.90 Å². The number of hydrogen-bond acceptors (Lipinski definition) is 5. The number of hydrogen-bond donors (Lipinski definition) is 0. The molecule has 150 valence electrons. The van der Waals surface area contributed by atoms with E-state index in [-0.39, 0.29) is 23.5 Å². The van der Waals surface area contributed by atoms with Gasteiger partial charge in [0, 0.05) is 38.2 Å². The van der Waals surface area contributed by atoms with Gasteiger partial charge in [0.15, 0.2) is 11.5 Å². The number of amides is 1. The molecule has 1 aromatic carbocycles. The van der Waals surface area contributed by atoms with Gasteiger partial charge in [0.1, 0.15) is 0 Å². The number of sulfonamides is 1. The van der Waals surface area contributed by atoms with Gasteiger partial charge in [-0.3, -0.25) is 4.79 Å². The number of nitrogens with zero attached hydrogens (tertiary/aromatic N) is 2. The van der Waals surface area contributed by atoms with Crippen molar-refractivity contribution >= 4 is 15.9 Å². The molecule has 1 aromatic rings. The standard InChI is InChI=1S/C19H28N2O5S/c1-3-9-20(10-4-2)19(22)15-7-11-21(12-8-15)27(23,24)16-5-6-17-18(13-16)26-14-25-17/h5-6,13,15H,3-4,7-12,14H2,1-2H3. The first-order chi connectivity index (χ1) is 13.0. The molecule has 1 fully saturated rings. The molecule has 2 heterocycles. The quantitative estimate of drug-likeness (QED) is 0.708. The van der Waals surface area contributed by atoms with Gasteiger partial charge in [-0.15, -0.1) is 0 Å². The highest BCUT2D eigenvalue weighted by Gasteiger charge is 2.34. The molecule has 1 saturated heterocycles. The van der Waals surface area contributed by atoms with Crippen LogP contribution >= 0.6 is 0 Å². The number of piperidine rings is 1. The molecule has 0 radical (unpaired) electrons. The summed E-state index contributed by atoms with van der Waals surface area (Å²) in [5, 5.41) is 0. The number of ether oxygens (including phenoxy) is 2. The van der Waals surface area contributed by atoms with Crippen LogP contribution in [0.3, 0.4) is 0 Å². The summed E-state index contributed by atoms with van der Waals surface area (Å²) in [5.41, 5.74) is 0. The predicted molar refractivity (Wildman–Crippen MR) is 101 cm³/mol. The molecule has 0 aliphatic carbocycles. The molecule has 2 aliphatic rings. The highest BCUT2D eigenvalue weighted by atomic mass is 32.2. The second-order valence-corrected chi connectivity index (χ2v) is 8.96. The van der Waals surface area contributed by atoms with Crippen LogP contribution < -0.4 is 9.47 Å². The van der Waals surface area contributed by atoms with E-state index in [1.165, 1.54) is 10.4 Å². The highest BCUT2D eigenvalue weighted by Crippen LogP contribution is 2.35. The van der Waals surface area contributed by atoms with Gasteiger partial charge < -0.3 is 14.4 Å². The Bertz CT molecular complexity index is 766. The van der Waals surface area contributed by atoms with E-state index in [4.69, 9.17) is 9.47 Å². The predicted octanol–water partition coefficient (Wildman–Crippen LogP) is 2.46. The Labute approximate surface area is 161 Å². The molecule has 0 aromatic heterocycles. The average molecular weight is 397 g/mol. The summed E-state index contributed by atoms with van der Waals surface area (Å²) in [4.78, 5) is 14.9. The lowest BCUT2D eigenvalue weighted by Crippen LogP contribution is -2.44. The third-order valence-electron chi connectivity index (χ3n) is 5.08. The fraction of sp³-hybridized carbons (Fsp3) is 0.632. The Hall–Kier alpha value is -1.80. The van der Waals surface area contributed by atoms with Gasteiger partial charge in [-0.25, -0.2) is 8.42 Å². The largest absolute Gasteiger partial charge is 0.454 e. The minimum absolute atomic E-state index is 0.0914. The van der Waals surface area contributed by atoms with Crippen LogP contribution in [0.1, 0.15) is 39.5 Å². The Morgan fingerprint density at radius 2 is 1.74 bits per heavy atom. The third kappa shape index (κ3) is 4.21. The topological polar surface area (TPSA) is 76.2 Å². The van der Waals surface area contributed by atoms with Crippen LogP contribution in [-0.4, -0.2) is 56.5 Å². The molecular formula is C19H28N2O5S. The Morgan fingerprint density at radius 3 is 2.37 bits per heavy atom. The number of benzene rings is 1. The molecule has 8 heteroatoms. The monoisotopic (exact) mass is 396 g/mol. The average Bonchev–Trinajstić information content (AvgIpc) is 3.15. The van der Waals surface area contributed by atoms with Gasteiger partial charge in [0.2, 0.25) is 22.7 Å². The number of rotatable bonds is 7. The molecule has 2 aliphatic heterocycles. The van der Waals surface area contributed by atoms with Crippen LogP contribution in [0.5, 0.6) is 11.5 Å². The minimum Gasteiger partial charge on any atom is -0.454 e. The van der Waals surface area contributed by atoms with Crippen molar-refractivity contribution in [1.82, 2.24) is 9.21 Å². The fourth-order valence-electron chi connectivity index (χ4n) is 3.66. The lowest BCUT2D eigenvalue weighted by atomic mass is 9.96. The van der Waals surface area contributed by atoms with Gasteiger partial charge >= 0.3 is 0 Å². The van der Waals surface area contributed by atoms with Crippen molar-refractivity contribution in [3.05, 3.63) is 18.2 Å². The Kier molecular flexibility index (Phi) is 6.26. The first-order valence-electron chi connectivity index (χ1n) is 9.66. The summed E-state index contributed by atoms with van der Waals surface area (Å²) in [6.45, 7) is 6.49. The molecular weight excluding hydrogens is 368 g/mol. The van der Waals surface area contributed by atoms with E-state index < -0.39 is 10.0 Å². The lowest BCUT2D eigenvalue weighted by molar-refractivity contribution is -0.136. The summed E-state index contributed by atoms with van der Waals surface area (Å²) in [5.74, 6) is 1.09. The normalized spacial score (nSPS) is 17.9. The number of carbonyl (C=O) groups excluding carboxylic acids is 1. The van der Waals surface area contributed by atoms with Crippen LogP contribution in [0, 0.1) is 5.92 Å². The fourth-order valence-corrected chi connectivity index (χ4v) is 5.15. The minimum atomic E-state index is -3.60. The zero-order valence-electron chi connectivity index (χ0n) is 16.0. The van der Waals surface area contributed by atoms with Crippen molar-refractivity contribution in [1.29, 1.82) is 0 Å². The SMILES string of the molecule is CCCN(CCC)C(=O)C1CCN(S(=O)(=O)c2ccc3c(c2)OCO3)CC1. The molecule has 0 spiro atoms. The van der Waals surface area contributed by atoms with E-state index in [0.29, 0.717) is 37.4 Å². The van der Waals surface area contributed by atoms with Crippen LogP contribution in [0.15, 0.2) is 23.1 Å². The van der Waals surface area contributed by atoms with E-state index in [9.17, 15) is 13.2 Å². The molecule has 27 heavy (non-hydrogen) atoms. The zero-order valence-corrected chi connectivity index (χ0v) is 16.8. The van der Waals surface area contributed by atoms with Crippen LogP contribution in [0.2, 0.25) is 0 Å². The first-order valence-corrected chi connectivity index (χ1v) is 11.1. The number of carbonyl (C=O) groups is 1. The van der Waals surface area contributed by atoms with Crippen molar-refractivity contribution in [2.24, 2.45) is 5.92 Å². The highest BCUT2D eigenvalue weighted by molar-refractivity contribution is 7.89. The first kappa shape index (κ1) is 19.9. The van der Waals surface area contributed by atoms with E-state index in [1.54, 1.807) is 12.1 Å². The van der Waals surface area contributed by atoms with Gasteiger partial charge in [0.25, 0.3) is 0 Å². The molecule has 0 atom stereocenters. The van der Waals surface area contributed by atoms with Gasteiger partial charge in [-0.1, -0.05) is 13.8 Å².